The summed E-state index contributed by atoms with van der Waals surface area (Å²) in [5, 5.41) is 10.3. The molecular formula is C11H11NO. The molecule has 66 valence electrons. The van der Waals surface area contributed by atoms with Crippen molar-refractivity contribution in [2.24, 2.45) is 0 Å². The van der Waals surface area contributed by atoms with Gasteiger partial charge in [-0.25, -0.2) is 0 Å². The van der Waals surface area contributed by atoms with Crippen molar-refractivity contribution in [3.8, 4) is 5.75 Å². The number of benzene rings is 1. The molecule has 0 atom stereocenters. The molecule has 1 aromatic carbocycles. The lowest BCUT2D eigenvalue weighted by atomic mass is 10.2. The number of aromatic hydroxyl groups is 1. The van der Waals surface area contributed by atoms with Crippen LogP contribution in [0.5, 0.6) is 5.75 Å². The molecule has 2 aromatic rings. The first-order chi connectivity index (χ1) is 6.38. The third-order valence-corrected chi connectivity index (χ3v) is 1.61. The highest BCUT2D eigenvalue weighted by Crippen LogP contribution is 2.20. The highest BCUT2D eigenvalue weighted by Gasteiger charge is 1.96. The number of hydrogen-bond donors (Lipinski definition) is 1. The van der Waals surface area contributed by atoms with Crippen LogP contribution in [-0.2, 0) is 0 Å². The zero-order valence-electron chi connectivity index (χ0n) is 7.27. The van der Waals surface area contributed by atoms with Crippen molar-refractivity contribution in [2.75, 3.05) is 0 Å². The number of rotatable bonds is 0. The van der Waals surface area contributed by atoms with Crippen molar-refractivity contribution < 1.29 is 5.11 Å². The molecular weight excluding hydrogens is 162 g/mol. The minimum Gasteiger partial charge on any atom is -0.506 e. The quantitative estimate of drug-likeness (QED) is 0.621. The fourth-order valence-electron chi connectivity index (χ4n) is 1.09. The lowest BCUT2D eigenvalue weighted by molar-refractivity contribution is 0.480. The fraction of sp³-hybridized carbons (Fsp3) is 0. The van der Waals surface area contributed by atoms with E-state index < -0.39 is 0 Å². The molecule has 0 aliphatic carbocycles. The van der Waals surface area contributed by atoms with Gasteiger partial charge in [0.1, 0.15) is 11.3 Å². The number of phenolic OH excluding ortho intramolecular Hbond substituents is 1. The summed E-state index contributed by atoms with van der Waals surface area (Å²) < 4.78 is 0. The van der Waals surface area contributed by atoms with Crippen molar-refractivity contribution in [3.05, 3.63) is 49.7 Å². The Morgan fingerprint density at radius 2 is 1.77 bits per heavy atom. The van der Waals surface area contributed by atoms with Crippen molar-refractivity contribution in [2.45, 2.75) is 0 Å². The molecule has 1 heterocycles. The van der Waals surface area contributed by atoms with E-state index in [2.05, 4.69) is 18.1 Å². The van der Waals surface area contributed by atoms with E-state index in [1.54, 1.807) is 18.3 Å². The van der Waals surface area contributed by atoms with E-state index in [0.29, 0.717) is 5.52 Å². The Morgan fingerprint density at radius 3 is 2.46 bits per heavy atom. The van der Waals surface area contributed by atoms with Gasteiger partial charge in [0.25, 0.3) is 0 Å². The van der Waals surface area contributed by atoms with Crippen LogP contribution in [-0.4, -0.2) is 10.1 Å². The van der Waals surface area contributed by atoms with Crippen LogP contribution in [0.15, 0.2) is 49.7 Å². The van der Waals surface area contributed by atoms with Crippen LogP contribution in [0.4, 0.5) is 0 Å². The van der Waals surface area contributed by atoms with Gasteiger partial charge in [0.05, 0.1) is 0 Å². The summed E-state index contributed by atoms with van der Waals surface area (Å²) in [5.74, 6) is 0.239. The van der Waals surface area contributed by atoms with Crippen molar-refractivity contribution >= 4 is 10.9 Å². The lowest BCUT2D eigenvalue weighted by Crippen LogP contribution is -1.76. The van der Waals surface area contributed by atoms with E-state index in [4.69, 9.17) is 0 Å². The van der Waals surface area contributed by atoms with Gasteiger partial charge in [-0.05, 0) is 12.1 Å². The van der Waals surface area contributed by atoms with Gasteiger partial charge in [-0.3, -0.25) is 4.98 Å². The SMILES string of the molecule is C=C.Oc1cccc2cccnc12. The second-order valence-electron chi connectivity index (χ2n) is 2.35. The second-order valence-corrected chi connectivity index (χ2v) is 2.35. The van der Waals surface area contributed by atoms with Crippen LogP contribution in [0.2, 0.25) is 0 Å². The van der Waals surface area contributed by atoms with Crippen LogP contribution < -0.4 is 0 Å². The summed E-state index contributed by atoms with van der Waals surface area (Å²) in [6, 6.07) is 9.13. The Labute approximate surface area is 77.2 Å². The van der Waals surface area contributed by atoms with E-state index in [-0.39, 0.29) is 5.75 Å². The molecule has 0 aliphatic rings. The first kappa shape index (κ1) is 9.26. The Kier molecular flexibility index (Phi) is 3.03. The van der Waals surface area contributed by atoms with Gasteiger partial charge in [0, 0.05) is 11.6 Å². The van der Waals surface area contributed by atoms with Gasteiger partial charge in [-0.15, -0.1) is 13.2 Å². The van der Waals surface area contributed by atoms with Gasteiger partial charge >= 0.3 is 0 Å². The summed E-state index contributed by atoms with van der Waals surface area (Å²) in [6.07, 6.45) is 1.67. The molecule has 0 saturated carbocycles. The summed E-state index contributed by atoms with van der Waals surface area (Å²) in [4.78, 5) is 4.03. The maximum absolute atomic E-state index is 9.31. The zero-order valence-corrected chi connectivity index (χ0v) is 7.27. The van der Waals surface area contributed by atoms with Gasteiger partial charge in [0.2, 0.25) is 0 Å². The molecule has 0 saturated heterocycles. The topological polar surface area (TPSA) is 33.1 Å². The van der Waals surface area contributed by atoms with E-state index in [1.807, 2.05) is 18.2 Å². The Bertz CT molecular complexity index is 393. The first-order valence-corrected chi connectivity index (χ1v) is 3.90. The van der Waals surface area contributed by atoms with Crippen molar-refractivity contribution in [1.82, 2.24) is 4.98 Å². The molecule has 0 bridgehead atoms. The van der Waals surface area contributed by atoms with Gasteiger partial charge < -0.3 is 5.11 Å². The van der Waals surface area contributed by atoms with Gasteiger partial charge in [-0.2, -0.15) is 0 Å². The summed E-state index contributed by atoms with van der Waals surface area (Å²) in [7, 11) is 0. The summed E-state index contributed by atoms with van der Waals surface area (Å²) in [6.45, 7) is 6.00. The minimum absolute atomic E-state index is 0.239. The minimum atomic E-state index is 0.239. The third-order valence-electron chi connectivity index (χ3n) is 1.61. The Hall–Kier alpha value is -1.83. The lowest BCUT2D eigenvalue weighted by Gasteiger charge is -1.96. The molecule has 0 radical (unpaired) electrons. The number of fused-ring (bicyclic) bond motifs is 1. The molecule has 0 fully saturated rings. The molecule has 0 spiro atoms. The predicted octanol–water partition coefficient (Wildman–Crippen LogP) is 2.74. The van der Waals surface area contributed by atoms with Crippen molar-refractivity contribution in [1.29, 1.82) is 0 Å². The first-order valence-electron chi connectivity index (χ1n) is 3.90. The van der Waals surface area contributed by atoms with Gasteiger partial charge in [-0.1, -0.05) is 18.2 Å². The van der Waals surface area contributed by atoms with E-state index in [9.17, 15) is 5.11 Å². The molecule has 2 heteroatoms. The average Bonchev–Trinajstić information content (AvgIpc) is 2.22. The zero-order chi connectivity index (χ0) is 9.68. The van der Waals surface area contributed by atoms with Crippen molar-refractivity contribution in [3.63, 3.8) is 0 Å². The molecule has 2 nitrogen and oxygen atoms in total. The van der Waals surface area contributed by atoms with Crippen LogP contribution in [0, 0.1) is 0 Å². The molecule has 0 unspecified atom stereocenters. The molecule has 13 heavy (non-hydrogen) atoms. The largest absolute Gasteiger partial charge is 0.506 e. The highest BCUT2D eigenvalue weighted by molar-refractivity contribution is 5.83. The van der Waals surface area contributed by atoms with Crippen LogP contribution in [0.25, 0.3) is 10.9 Å². The summed E-state index contributed by atoms with van der Waals surface area (Å²) >= 11 is 0. The maximum Gasteiger partial charge on any atom is 0.141 e. The van der Waals surface area contributed by atoms with Crippen LogP contribution in [0.3, 0.4) is 0 Å². The van der Waals surface area contributed by atoms with Crippen LogP contribution in [0.1, 0.15) is 0 Å². The highest BCUT2D eigenvalue weighted by atomic mass is 16.3. The number of nitrogens with zero attached hydrogens (tertiary/aromatic N) is 1. The number of hydrogen-bond acceptors (Lipinski definition) is 2. The second kappa shape index (κ2) is 4.26. The van der Waals surface area contributed by atoms with Gasteiger partial charge in [0.15, 0.2) is 0 Å². The van der Waals surface area contributed by atoms with E-state index >= 15 is 0 Å². The molecule has 2 rings (SSSR count). The molecule has 1 N–H and O–H groups in total. The normalized spacial score (nSPS) is 8.92. The fourth-order valence-corrected chi connectivity index (χ4v) is 1.09. The van der Waals surface area contributed by atoms with E-state index in [1.165, 1.54) is 0 Å². The number of phenols is 1. The average molecular weight is 173 g/mol. The maximum atomic E-state index is 9.31. The summed E-state index contributed by atoms with van der Waals surface area (Å²) in [5.41, 5.74) is 0.662. The molecule has 1 aromatic heterocycles. The van der Waals surface area contributed by atoms with E-state index in [0.717, 1.165) is 5.39 Å². The number of para-hydroxylation sites is 1. The van der Waals surface area contributed by atoms with Crippen LogP contribution >= 0.6 is 0 Å². The Balaban J connectivity index is 0.000000396. The Morgan fingerprint density at radius 1 is 1.08 bits per heavy atom. The molecule has 0 amide bonds. The standard InChI is InChI=1S/C9H7NO.C2H4/c11-8-5-1-3-7-4-2-6-10-9(7)8;1-2/h1-6,11H;1-2H2. The number of pyridine rings is 1. The smallest absolute Gasteiger partial charge is 0.141 e. The molecule has 0 aliphatic heterocycles. The predicted molar refractivity (Wildman–Crippen MR) is 54.7 cm³/mol. The monoisotopic (exact) mass is 173 g/mol. The third kappa shape index (κ3) is 1.85. The number of aromatic nitrogens is 1.